The number of hydrogen-bond donors (Lipinski definition) is 0. The van der Waals surface area contributed by atoms with E-state index in [2.05, 4.69) is 208 Å². The predicted molar refractivity (Wildman–Crippen MR) is 242 cm³/mol. The first-order valence-corrected chi connectivity index (χ1v) is 20.8. The average molecular weight is 771 g/mol. The summed E-state index contributed by atoms with van der Waals surface area (Å²) in [6, 6.07) is 51.9. The molecule has 0 unspecified atom stereocenters. The van der Waals surface area contributed by atoms with Gasteiger partial charge in [-0.3, -0.25) is 13.7 Å². The summed E-state index contributed by atoms with van der Waals surface area (Å²) in [6.45, 7) is 16.3. The van der Waals surface area contributed by atoms with E-state index in [1.807, 2.05) is 12.3 Å². The Morgan fingerprint density at radius 3 is 2.15 bits per heavy atom. The Morgan fingerprint density at radius 2 is 1.34 bits per heavy atom. The molecule has 6 aromatic carbocycles. The van der Waals surface area contributed by atoms with Crippen molar-refractivity contribution >= 4 is 32.8 Å². The maximum absolute atomic E-state index is 6.73. The van der Waals surface area contributed by atoms with Crippen molar-refractivity contribution in [1.29, 1.82) is 0 Å². The molecular weight excluding hydrogens is 721 g/mol. The molecule has 0 aliphatic heterocycles. The molecule has 0 saturated carbocycles. The van der Waals surface area contributed by atoms with Crippen molar-refractivity contribution in [2.45, 2.75) is 77.6 Å². The van der Waals surface area contributed by atoms with Crippen LogP contribution in [0.3, 0.4) is 0 Å². The van der Waals surface area contributed by atoms with Gasteiger partial charge in [-0.25, -0.2) is 4.98 Å². The molecule has 0 bridgehead atoms. The third-order valence-corrected chi connectivity index (χ3v) is 12.7. The van der Waals surface area contributed by atoms with Crippen LogP contribution in [0.4, 0.5) is 0 Å². The van der Waals surface area contributed by atoms with Crippen molar-refractivity contribution < 1.29 is 9.30 Å². The third kappa shape index (κ3) is 6.31. The summed E-state index contributed by atoms with van der Waals surface area (Å²) < 4.78 is 13.4. The van der Waals surface area contributed by atoms with E-state index in [1.54, 1.807) is 0 Å². The maximum atomic E-state index is 6.73. The Balaban J connectivity index is 1.08. The fourth-order valence-corrected chi connectivity index (χ4v) is 9.19. The average Bonchev–Trinajstić information content (AvgIpc) is 3.79. The summed E-state index contributed by atoms with van der Waals surface area (Å²) in [6.07, 6.45) is 8.05. The number of imidazole rings is 1. The quantitative estimate of drug-likeness (QED) is 0.125. The number of ether oxygens (including phenoxy) is 1. The van der Waals surface area contributed by atoms with Crippen LogP contribution in [0.5, 0.6) is 11.5 Å². The predicted octanol–water partition coefficient (Wildman–Crippen LogP) is 13.3. The van der Waals surface area contributed by atoms with Gasteiger partial charge in [0.15, 0.2) is 0 Å². The van der Waals surface area contributed by atoms with Gasteiger partial charge in [-0.05, 0) is 118 Å². The van der Waals surface area contributed by atoms with Crippen LogP contribution in [-0.4, -0.2) is 14.1 Å². The highest BCUT2D eigenvalue weighted by atomic mass is 16.5. The molecule has 5 heteroatoms. The lowest BCUT2D eigenvalue weighted by molar-refractivity contribution is -0.572. The lowest BCUT2D eigenvalue weighted by Gasteiger charge is -2.42. The van der Waals surface area contributed by atoms with Gasteiger partial charge < -0.3 is 4.74 Å². The van der Waals surface area contributed by atoms with Crippen molar-refractivity contribution in [1.82, 2.24) is 14.1 Å². The number of nitrogens with zero attached hydrogens (tertiary/aromatic N) is 4. The van der Waals surface area contributed by atoms with Gasteiger partial charge in [0, 0.05) is 23.0 Å². The zero-order valence-electron chi connectivity index (χ0n) is 35.0. The minimum absolute atomic E-state index is 0.00415. The van der Waals surface area contributed by atoms with Crippen LogP contribution in [0.15, 0.2) is 152 Å². The molecule has 3 aromatic heterocycles. The van der Waals surface area contributed by atoms with Gasteiger partial charge in [-0.15, -0.1) is 0 Å². The monoisotopic (exact) mass is 770 g/mol. The number of para-hydroxylation sites is 3. The van der Waals surface area contributed by atoms with Crippen LogP contribution in [0.25, 0.3) is 61.2 Å². The number of aromatic nitrogens is 4. The van der Waals surface area contributed by atoms with Crippen molar-refractivity contribution in [3.05, 3.63) is 175 Å². The fourth-order valence-electron chi connectivity index (χ4n) is 9.19. The highest BCUT2D eigenvalue weighted by molar-refractivity contribution is 6.09. The highest BCUT2D eigenvalue weighted by Gasteiger charge is 2.37. The molecule has 0 amide bonds. The van der Waals surface area contributed by atoms with E-state index in [4.69, 9.17) is 9.72 Å². The van der Waals surface area contributed by atoms with Crippen molar-refractivity contribution in [2.75, 3.05) is 0 Å². The summed E-state index contributed by atoms with van der Waals surface area (Å²) in [7, 11) is 0. The summed E-state index contributed by atoms with van der Waals surface area (Å²) in [5.41, 5.74) is 13.2. The topological polar surface area (TPSA) is 35.9 Å². The lowest BCUT2D eigenvalue weighted by Crippen LogP contribution is -2.33. The molecule has 0 saturated heterocycles. The van der Waals surface area contributed by atoms with Crippen LogP contribution in [0.2, 0.25) is 0 Å². The molecule has 3 heterocycles. The first-order valence-electron chi connectivity index (χ1n) is 20.8. The molecule has 1 aliphatic carbocycles. The van der Waals surface area contributed by atoms with Crippen molar-refractivity contribution in [2.24, 2.45) is 0 Å². The second-order valence-electron chi connectivity index (χ2n) is 18.6. The van der Waals surface area contributed by atoms with Crippen LogP contribution < -0.4 is 9.30 Å². The molecule has 1 aliphatic rings. The van der Waals surface area contributed by atoms with Gasteiger partial charge in [0.05, 0.1) is 33.4 Å². The SMILES string of the molecule is CC(C)(C)c1ccnc(-n2c3ccccc3c3ccc(Oc4cccc(-n5[c-][n+](-c6ccccc6)c6c(-c7ccc8c(c7)C(C)(C)CCC8(C)C)cccc65)c4)cc32)c1. The van der Waals surface area contributed by atoms with E-state index in [0.29, 0.717) is 0 Å². The third-order valence-electron chi connectivity index (χ3n) is 12.7. The smallest absolute Gasteiger partial charge is 0.269 e. The van der Waals surface area contributed by atoms with E-state index < -0.39 is 0 Å². The second kappa shape index (κ2) is 13.6. The molecule has 0 fully saturated rings. The van der Waals surface area contributed by atoms with E-state index in [9.17, 15) is 0 Å². The van der Waals surface area contributed by atoms with Crippen LogP contribution in [0, 0.1) is 6.33 Å². The Morgan fingerprint density at radius 1 is 0.627 bits per heavy atom. The standard InChI is InChI=1S/C54H50N4O/c1-52(2,3)37-27-30-55-50(32-37)58-47-21-12-11-19-43(47)44-25-24-41(34-49(44)58)59-40-18-13-17-39(33-40)56-35-57(38-15-9-8-10-16-38)51-42(20-14-22-48(51)56)36-23-26-45-46(31-36)54(6,7)29-28-53(45,4)5/h8-27,30-34H,28-29H2,1-7H3. The normalized spacial score (nSPS) is 14.8. The molecule has 0 atom stereocenters. The van der Waals surface area contributed by atoms with E-state index in [1.165, 1.54) is 46.0 Å². The number of rotatable bonds is 6. The molecule has 5 nitrogen and oxygen atoms in total. The highest BCUT2D eigenvalue weighted by Crippen LogP contribution is 2.47. The molecule has 0 radical (unpaired) electrons. The maximum Gasteiger partial charge on any atom is 0.269 e. The summed E-state index contributed by atoms with van der Waals surface area (Å²) in [5.74, 6) is 2.40. The van der Waals surface area contributed by atoms with Gasteiger partial charge in [0.25, 0.3) is 6.33 Å². The first-order chi connectivity index (χ1) is 28.4. The van der Waals surface area contributed by atoms with E-state index in [0.717, 1.165) is 56.1 Å². The number of benzene rings is 6. The molecule has 9 aromatic rings. The minimum atomic E-state index is -0.00415. The van der Waals surface area contributed by atoms with Gasteiger partial charge in [0.2, 0.25) is 0 Å². The molecule has 0 spiro atoms. The Bertz CT molecular complexity index is 3070. The summed E-state index contributed by atoms with van der Waals surface area (Å²) >= 11 is 0. The van der Waals surface area contributed by atoms with Gasteiger partial charge in [0.1, 0.15) is 17.3 Å². The number of pyridine rings is 1. The number of hydrogen-bond acceptors (Lipinski definition) is 2. The molecule has 292 valence electrons. The zero-order valence-corrected chi connectivity index (χ0v) is 35.0. The van der Waals surface area contributed by atoms with Crippen LogP contribution in [0.1, 0.15) is 78.0 Å². The minimum Gasteiger partial charge on any atom is -0.458 e. The largest absolute Gasteiger partial charge is 0.458 e. The molecule has 10 rings (SSSR count). The number of fused-ring (bicyclic) bond motifs is 5. The van der Waals surface area contributed by atoms with Crippen LogP contribution >= 0.6 is 0 Å². The fraction of sp³-hybridized carbons (Fsp3) is 0.222. The van der Waals surface area contributed by atoms with Gasteiger partial charge in [-0.1, -0.05) is 127 Å². The Labute approximate surface area is 347 Å². The lowest BCUT2D eigenvalue weighted by atomic mass is 9.63. The second-order valence-corrected chi connectivity index (χ2v) is 18.6. The Kier molecular flexibility index (Phi) is 8.47. The van der Waals surface area contributed by atoms with E-state index >= 15 is 0 Å². The first kappa shape index (κ1) is 36.9. The molecular formula is C54H50N4O. The Hall–Kier alpha value is -6.46. The summed E-state index contributed by atoms with van der Waals surface area (Å²) in [4.78, 5) is 4.87. The summed E-state index contributed by atoms with van der Waals surface area (Å²) in [5, 5.41) is 2.34. The van der Waals surface area contributed by atoms with Crippen molar-refractivity contribution in [3.63, 3.8) is 0 Å². The molecule has 0 N–H and O–H groups in total. The molecule has 59 heavy (non-hydrogen) atoms. The van der Waals surface area contributed by atoms with Crippen molar-refractivity contribution in [3.8, 4) is 39.8 Å². The van der Waals surface area contributed by atoms with Gasteiger partial charge >= 0.3 is 0 Å². The van der Waals surface area contributed by atoms with Gasteiger partial charge in [-0.2, -0.15) is 0 Å². The van der Waals surface area contributed by atoms with E-state index in [-0.39, 0.29) is 16.2 Å². The zero-order chi connectivity index (χ0) is 40.7. The van der Waals surface area contributed by atoms with Crippen LogP contribution in [-0.2, 0) is 16.2 Å².